The molecule has 1 saturated heterocycles. The molecule has 13 atom stereocenters. The van der Waals surface area contributed by atoms with E-state index in [2.05, 4.69) is 58.3 Å². The average Bonchev–Trinajstić information content (AvgIpc) is 3.46. The van der Waals surface area contributed by atoms with Gasteiger partial charge in [0.2, 0.25) is 0 Å². The predicted molar refractivity (Wildman–Crippen MR) is 209 cm³/mol. The zero-order chi connectivity index (χ0) is 38.7. The molecule has 7 rings (SSSR count). The summed E-state index contributed by atoms with van der Waals surface area (Å²) < 4.78 is 30.7. The van der Waals surface area contributed by atoms with Crippen LogP contribution in [0, 0.1) is 68.5 Å². The summed E-state index contributed by atoms with van der Waals surface area (Å²) in [4.78, 5) is 27.7. The number of hydrogen-bond donors (Lipinski definition) is 3. The minimum Gasteiger partial charge on any atom is -0.481 e. The van der Waals surface area contributed by atoms with E-state index in [-0.39, 0.29) is 56.8 Å². The minimum absolute atomic E-state index is 0.0487. The van der Waals surface area contributed by atoms with Crippen LogP contribution in [-0.4, -0.2) is 85.7 Å². The molecule has 0 radical (unpaired) electrons. The Morgan fingerprint density at radius 3 is 2.15 bits per heavy atom. The maximum absolute atomic E-state index is 13.5. The number of nitrogens with two attached hydrogens (primary N) is 1. The van der Waals surface area contributed by atoms with Crippen LogP contribution >= 0.6 is 0 Å². The smallest absolute Gasteiger partial charge is 0.310 e. The number of nitrogens with zero attached hydrogens (tertiary/aromatic N) is 1. The molecule has 1 heterocycles. The van der Waals surface area contributed by atoms with Gasteiger partial charge >= 0.3 is 11.9 Å². The van der Waals surface area contributed by atoms with Gasteiger partial charge in [0.05, 0.1) is 23.3 Å². The van der Waals surface area contributed by atoms with Crippen LogP contribution in [0.25, 0.3) is 0 Å². The van der Waals surface area contributed by atoms with Gasteiger partial charge < -0.3 is 20.9 Å². The van der Waals surface area contributed by atoms with Crippen LogP contribution in [0.2, 0.25) is 0 Å². The zero-order valence-corrected chi connectivity index (χ0v) is 35.0. The summed E-state index contributed by atoms with van der Waals surface area (Å²) in [6, 6.07) is 0.133. The molecule has 1 unspecified atom stereocenters. The van der Waals surface area contributed by atoms with Crippen molar-refractivity contribution in [2.24, 2.45) is 74.2 Å². The van der Waals surface area contributed by atoms with Crippen LogP contribution < -0.4 is 11.1 Å². The molecule has 300 valence electrons. The monoisotopic (exact) mass is 758 g/mol. The lowest BCUT2D eigenvalue weighted by molar-refractivity contribution is -0.246. The van der Waals surface area contributed by atoms with Crippen LogP contribution in [0.5, 0.6) is 0 Å². The van der Waals surface area contributed by atoms with Crippen LogP contribution in [0.3, 0.4) is 0 Å². The fraction of sp³-hybridized carbons (Fsp3) is 0.907. The Morgan fingerprint density at radius 2 is 1.55 bits per heavy atom. The van der Waals surface area contributed by atoms with Gasteiger partial charge in [-0.2, -0.15) is 0 Å². The third-order valence-corrected chi connectivity index (χ3v) is 20.1. The predicted octanol–water partition coefficient (Wildman–Crippen LogP) is 6.31. The number of aliphatic carboxylic acids is 1. The second-order valence-corrected chi connectivity index (χ2v) is 23.5. The number of carbonyl (C=O) groups excluding carboxylic acids is 1. The Labute approximate surface area is 320 Å². The largest absolute Gasteiger partial charge is 0.481 e. The SMILES string of the molecule is C=C(C)[C@@H]1CC[C@]2(NCC(CN)N3CCS(=O)(=O)CC3)CC[C@]3(C)[C@H](CC[C@@H]4[C@@]5(C)CC[C@H](OC(=O)[C@H]6[C@@H](C(=O)O)C6(C)C)C(C)(C)[C@@H]5CC[C@]43C)[C@@H]12. The van der Waals surface area contributed by atoms with Gasteiger partial charge in [-0.1, -0.05) is 60.6 Å². The van der Waals surface area contributed by atoms with E-state index in [4.69, 9.17) is 10.5 Å². The number of carboxylic acids is 1. The molecule has 53 heavy (non-hydrogen) atoms. The van der Waals surface area contributed by atoms with E-state index < -0.39 is 33.1 Å². The summed E-state index contributed by atoms with van der Waals surface area (Å²) in [7, 11) is -2.95. The molecular weight excluding hydrogens is 687 g/mol. The van der Waals surface area contributed by atoms with Crippen molar-refractivity contribution in [3.05, 3.63) is 12.2 Å². The summed E-state index contributed by atoms with van der Waals surface area (Å²) in [5.41, 5.74) is 7.53. The number of rotatable bonds is 9. The van der Waals surface area contributed by atoms with Gasteiger partial charge in [0.1, 0.15) is 6.10 Å². The Kier molecular flexibility index (Phi) is 9.76. The molecule has 0 aromatic carbocycles. The fourth-order valence-corrected chi connectivity index (χ4v) is 16.4. The highest BCUT2D eigenvalue weighted by Crippen LogP contribution is 2.76. The third-order valence-electron chi connectivity index (χ3n) is 18.5. The summed E-state index contributed by atoms with van der Waals surface area (Å²) >= 11 is 0. The number of allylic oxidation sites excluding steroid dienone is 1. The summed E-state index contributed by atoms with van der Waals surface area (Å²) in [6.07, 6.45) is 11.1. The standard InChI is InChI=1S/C43H71N3O6S/c1-26(2)28-12-17-43(45-25-27(24-44)46-20-22-53(50,51)23-21-46)19-18-41(8)29(33(28)43)10-11-31-40(7)15-14-32(38(3,4)30(40)13-16-42(31,41)9)52-37(49)35-34(36(47)48)39(35,5)6/h27-35,45H,1,10-25,44H2,2-9H3,(H,47,48)/t27?,28-,29+,30-,31+,32-,33+,34-,35+,40-,41+,42+,43-/m0/s1. The van der Waals surface area contributed by atoms with Crippen molar-refractivity contribution in [1.82, 2.24) is 10.2 Å². The highest BCUT2D eigenvalue weighted by atomic mass is 32.2. The van der Waals surface area contributed by atoms with E-state index in [1.807, 2.05) is 13.8 Å². The number of carbonyl (C=O) groups is 2. The summed E-state index contributed by atoms with van der Waals surface area (Å²) in [6.45, 7) is 25.6. The van der Waals surface area contributed by atoms with Crippen molar-refractivity contribution in [2.45, 2.75) is 137 Å². The van der Waals surface area contributed by atoms with Crippen molar-refractivity contribution in [2.75, 3.05) is 37.7 Å². The Hall–Kier alpha value is -1.49. The lowest BCUT2D eigenvalue weighted by Gasteiger charge is -2.73. The quantitative estimate of drug-likeness (QED) is 0.182. The topological polar surface area (TPSA) is 139 Å². The molecule has 0 aromatic rings. The molecule has 7 fully saturated rings. The average molecular weight is 758 g/mol. The molecule has 9 nitrogen and oxygen atoms in total. The van der Waals surface area contributed by atoms with Gasteiger partial charge in [0, 0.05) is 43.2 Å². The number of nitrogens with one attached hydrogen (secondary N) is 1. The normalized spacial score (nSPS) is 47.2. The molecule has 0 spiro atoms. The van der Waals surface area contributed by atoms with Gasteiger partial charge in [-0.3, -0.25) is 14.5 Å². The maximum atomic E-state index is 13.5. The van der Waals surface area contributed by atoms with E-state index in [0.717, 1.165) is 38.6 Å². The first-order valence-electron chi connectivity index (χ1n) is 21.1. The lowest BCUT2D eigenvalue weighted by atomic mass is 9.32. The van der Waals surface area contributed by atoms with E-state index in [9.17, 15) is 23.1 Å². The summed E-state index contributed by atoms with van der Waals surface area (Å²) in [5, 5.41) is 13.9. The Balaban J connectivity index is 1.11. The molecule has 7 aliphatic rings. The van der Waals surface area contributed by atoms with Crippen molar-refractivity contribution in [1.29, 1.82) is 0 Å². The second kappa shape index (κ2) is 13.0. The first-order valence-corrected chi connectivity index (χ1v) is 22.9. The molecular formula is C43H71N3O6S. The van der Waals surface area contributed by atoms with E-state index in [1.54, 1.807) is 0 Å². The molecule has 6 saturated carbocycles. The first kappa shape index (κ1) is 39.7. The number of sulfone groups is 1. The van der Waals surface area contributed by atoms with Crippen molar-refractivity contribution in [3.63, 3.8) is 0 Å². The van der Waals surface area contributed by atoms with Crippen LogP contribution in [-0.2, 0) is 24.2 Å². The zero-order valence-electron chi connectivity index (χ0n) is 34.1. The van der Waals surface area contributed by atoms with Gasteiger partial charge in [-0.25, -0.2) is 8.42 Å². The number of esters is 1. The second-order valence-electron chi connectivity index (χ2n) is 21.2. The molecule has 1 aliphatic heterocycles. The number of hydrogen-bond acceptors (Lipinski definition) is 8. The fourth-order valence-electron chi connectivity index (χ4n) is 15.2. The van der Waals surface area contributed by atoms with Gasteiger partial charge in [-0.15, -0.1) is 0 Å². The lowest BCUT2D eigenvalue weighted by Crippen LogP contribution is -2.69. The molecule has 4 N–H and O–H groups in total. The van der Waals surface area contributed by atoms with Crippen LogP contribution in [0.4, 0.5) is 0 Å². The Bertz CT molecular complexity index is 1600. The molecule has 0 aromatic heterocycles. The number of carboxylic acid groups (broad SMARTS) is 1. The third kappa shape index (κ3) is 5.94. The molecule has 6 aliphatic carbocycles. The van der Waals surface area contributed by atoms with Crippen LogP contribution in [0.1, 0.15) is 120 Å². The number of fused-ring (bicyclic) bond motifs is 7. The maximum Gasteiger partial charge on any atom is 0.310 e. The van der Waals surface area contributed by atoms with Gasteiger partial charge in [0.25, 0.3) is 0 Å². The van der Waals surface area contributed by atoms with E-state index in [1.165, 1.54) is 37.7 Å². The van der Waals surface area contributed by atoms with Crippen molar-refractivity contribution in [3.8, 4) is 0 Å². The van der Waals surface area contributed by atoms with E-state index in [0.29, 0.717) is 49.2 Å². The molecule has 0 bridgehead atoms. The minimum atomic E-state index is -2.95. The molecule has 10 heteroatoms. The highest BCUT2D eigenvalue weighted by molar-refractivity contribution is 7.91. The van der Waals surface area contributed by atoms with Crippen molar-refractivity contribution < 1.29 is 27.9 Å². The Morgan fingerprint density at radius 1 is 0.868 bits per heavy atom. The van der Waals surface area contributed by atoms with Gasteiger partial charge in [-0.05, 0) is 122 Å². The van der Waals surface area contributed by atoms with E-state index >= 15 is 0 Å². The summed E-state index contributed by atoms with van der Waals surface area (Å²) in [5.74, 6) is 0.645. The van der Waals surface area contributed by atoms with Crippen LogP contribution in [0.15, 0.2) is 12.2 Å². The molecule has 0 amide bonds. The first-order chi connectivity index (χ1) is 24.6. The number of ether oxygens (including phenoxy) is 1. The van der Waals surface area contributed by atoms with Crippen molar-refractivity contribution >= 4 is 21.8 Å². The van der Waals surface area contributed by atoms with Gasteiger partial charge in [0.15, 0.2) is 9.84 Å². The highest BCUT2D eigenvalue weighted by Gasteiger charge is 2.72.